The van der Waals surface area contributed by atoms with Crippen LogP contribution < -0.4 is 18.9 Å². The van der Waals surface area contributed by atoms with Gasteiger partial charge in [-0.25, -0.2) is 0 Å². The van der Waals surface area contributed by atoms with Gasteiger partial charge in [0.25, 0.3) is 0 Å². The number of hydrogen-bond acceptors (Lipinski definition) is 5. The Morgan fingerprint density at radius 2 is 1.26 bits per heavy atom. The summed E-state index contributed by atoms with van der Waals surface area (Å²) in [6.07, 6.45) is 0. The van der Waals surface area contributed by atoms with Crippen molar-refractivity contribution < 1.29 is 23.7 Å². The van der Waals surface area contributed by atoms with Gasteiger partial charge in [0.1, 0.15) is 0 Å². The summed E-state index contributed by atoms with van der Waals surface area (Å²) in [5.41, 5.74) is 1.02. The lowest BCUT2D eigenvalue weighted by molar-refractivity contribution is 0.103. The number of carbonyl (C=O) groups excluding carboxylic acids is 1. The fraction of sp³-hybridized carbons (Fsp3) is 0.278. The molecule has 0 saturated heterocycles. The number of rotatable bonds is 7. The van der Waals surface area contributed by atoms with Crippen molar-refractivity contribution in [3.8, 4) is 23.0 Å². The van der Waals surface area contributed by atoms with Crippen LogP contribution in [0.2, 0.25) is 0 Å². The maximum Gasteiger partial charge on any atom is 0.193 e. The molecule has 0 bridgehead atoms. The molecular formula is C18H20O5. The van der Waals surface area contributed by atoms with Crippen LogP contribution in [0.3, 0.4) is 0 Å². The zero-order valence-electron chi connectivity index (χ0n) is 13.7. The highest BCUT2D eigenvalue weighted by atomic mass is 16.5. The summed E-state index contributed by atoms with van der Waals surface area (Å²) in [7, 11) is 4.63. The van der Waals surface area contributed by atoms with Gasteiger partial charge in [0.2, 0.25) is 0 Å². The van der Waals surface area contributed by atoms with Gasteiger partial charge in [-0.1, -0.05) is 0 Å². The maximum absolute atomic E-state index is 12.7. The zero-order valence-corrected chi connectivity index (χ0v) is 13.7. The summed E-state index contributed by atoms with van der Waals surface area (Å²) >= 11 is 0. The second-order valence-electron chi connectivity index (χ2n) is 4.70. The van der Waals surface area contributed by atoms with Crippen molar-refractivity contribution in [2.24, 2.45) is 0 Å². The standard InChI is InChI=1S/C18H20O5/c1-5-23-15-9-7-13(11-17(15)22-4)18(19)12-6-8-14(20-2)16(10-12)21-3/h6-11H,5H2,1-4H3. The van der Waals surface area contributed by atoms with Crippen LogP contribution in [0.5, 0.6) is 23.0 Å². The minimum absolute atomic E-state index is 0.132. The first kappa shape index (κ1) is 16.7. The van der Waals surface area contributed by atoms with Crippen LogP contribution >= 0.6 is 0 Å². The number of carbonyl (C=O) groups is 1. The molecule has 5 nitrogen and oxygen atoms in total. The first-order chi connectivity index (χ1) is 11.1. The minimum Gasteiger partial charge on any atom is -0.493 e. The largest absolute Gasteiger partial charge is 0.493 e. The molecule has 2 rings (SSSR count). The Morgan fingerprint density at radius 3 is 1.74 bits per heavy atom. The number of hydrogen-bond donors (Lipinski definition) is 0. The monoisotopic (exact) mass is 316 g/mol. The highest BCUT2D eigenvalue weighted by molar-refractivity contribution is 6.09. The van der Waals surface area contributed by atoms with Crippen molar-refractivity contribution in [2.45, 2.75) is 6.92 Å². The molecule has 0 saturated carbocycles. The summed E-state index contributed by atoms with van der Waals surface area (Å²) in [5.74, 6) is 2.09. The van der Waals surface area contributed by atoms with E-state index in [1.54, 1.807) is 50.6 Å². The quantitative estimate of drug-likeness (QED) is 0.733. The summed E-state index contributed by atoms with van der Waals surface area (Å²) in [6.45, 7) is 2.42. The molecule has 0 aliphatic carbocycles. The molecule has 0 spiro atoms. The fourth-order valence-corrected chi connectivity index (χ4v) is 2.23. The van der Waals surface area contributed by atoms with Gasteiger partial charge in [-0.15, -0.1) is 0 Å². The van der Waals surface area contributed by atoms with Gasteiger partial charge < -0.3 is 18.9 Å². The Labute approximate surface area is 135 Å². The lowest BCUT2D eigenvalue weighted by Gasteiger charge is -2.12. The molecule has 0 aromatic heterocycles. The van der Waals surface area contributed by atoms with Crippen LogP contribution in [0.15, 0.2) is 36.4 Å². The first-order valence-corrected chi connectivity index (χ1v) is 7.22. The van der Waals surface area contributed by atoms with Gasteiger partial charge in [-0.05, 0) is 43.3 Å². The van der Waals surface area contributed by atoms with E-state index in [2.05, 4.69) is 0 Å². The molecule has 122 valence electrons. The van der Waals surface area contributed by atoms with E-state index in [0.717, 1.165) is 0 Å². The zero-order chi connectivity index (χ0) is 16.8. The third-order valence-corrected chi connectivity index (χ3v) is 3.37. The van der Waals surface area contributed by atoms with Crippen molar-refractivity contribution in [1.82, 2.24) is 0 Å². The van der Waals surface area contributed by atoms with E-state index in [1.165, 1.54) is 7.11 Å². The smallest absolute Gasteiger partial charge is 0.193 e. The minimum atomic E-state index is -0.132. The van der Waals surface area contributed by atoms with Crippen molar-refractivity contribution >= 4 is 5.78 Å². The molecule has 2 aromatic carbocycles. The Morgan fingerprint density at radius 1 is 0.783 bits per heavy atom. The molecule has 0 amide bonds. The van der Waals surface area contributed by atoms with E-state index in [4.69, 9.17) is 18.9 Å². The molecule has 0 heterocycles. The van der Waals surface area contributed by atoms with Crippen molar-refractivity contribution in [3.63, 3.8) is 0 Å². The lowest BCUT2D eigenvalue weighted by atomic mass is 10.0. The molecule has 0 N–H and O–H groups in total. The molecule has 0 atom stereocenters. The first-order valence-electron chi connectivity index (χ1n) is 7.22. The molecular weight excluding hydrogens is 296 g/mol. The summed E-state index contributed by atoms with van der Waals surface area (Å²) in [6, 6.07) is 10.2. The van der Waals surface area contributed by atoms with Crippen molar-refractivity contribution in [3.05, 3.63) is 47.5 Å². The maximum atomic E-state index is 12.7. The number of methoxy groups -OCH3 is 3. The predicted molar refractivity (Wildman–Crippen MR) is 87.1 cm³/mol. The fourth-order valence-electron chi connectivity index (χ4n) is 2.23. The normalized spacial score (nSPS) is 10.1. The highest BCUT2D eigenvalue weighted by Crippen LogP contribution is 2.31. The second-order valence-corrected chi connectivity index (χ2v) is 4.70. The molecule has 2 aromatic rings. The van der Waals surface area contributed by atoms with Crippen molar-refractivity contribution in [1.29, 1.82) is 0 Å². The van der Waals surface area contributed by atoms with Crippen LogP contribution in [0.1, 0.15) is 22.8 Å². The van der Waals surface area contributed by atoms with Crippen LogP contribution in [0.4, 0.5) is 0 Å². The van der Waals surface area contributed by atoms with Gasteiger partial charge in [-0.3, -0.25) is 4.79 Å². The summed E-state index contributed by atoms with van der Waals surface area (Å²) in [5, 5.41) is 0. The van der Waals surface area contributed by atoms with Crippen molar-refractivity contribution in [2.75, 3.05) is 27.9 Å². The SMILES string of the molecule is CCOc1ccc(C(=O)c2ccc(OC)c(OC)c2)cc1OC. The molecule has 0 radical (unpaired) electrons. The third-order valence-electron chi connectivity index (χ3n) is 3.37. The Balaban J connectivity index is 2.36. The van der Waals surface area contributed by atoms with E-state index >= 15 is 0 Å². The molecule has 0 fully saturated rings. The third kappa shape index (κ3) is 3.56. The summed E-state index contributed by atoms with van der Waals surface area (Å²) in [4.78, 5) is 12.7. The van der Waals surface area contributed by atoms with Gasteiger partial charge in [0.05, 0.1) is 27.9 Å². The Hall–Kier alpha value is -2.69. The topological polar surface area (TPSA) is 54.0 Å². The van der Waals surface area contributed by atoms with Gasteiger partial charge in [0.15, 0.2) is 28.8 Å². The number of ketones is 1. The van der Waals surface area contributed by atoms with Gasteiger partial charge >= 0.3 is 0 Å². The van der Waals surface area contributed by atoms with Crippen LogP contribution in [0.25, 0.3) is 0 Å². The van der Waals surface area contributed by atoms with E-state index in [0.29, 0.717) is 40.7 Å². The molecule has 0 aliphatic rings. The summed E-state index contributed by atoms with van der Waals surface area (Å²) < 4.78 is 21.2. The van der Waals surface area contributed by atoms with E-state index in [-0.39, 0.29) is 5.78 Å². The number of benzene rings is 2. The molecule has 23 heavy (non-hydrogen) atoms. The van der Waals surface area contributed by atoms with E-state index in [9.17, 15) is 4.79 Å². The predicted octanol–water partition coefficient (Wildman–Crippen LogP) is 3.34. The van der Waals surface area contributed by atoms with Gasteiger partial charge in [-0.2, -0.15) is 0 Å². The van der Waals surface area contributed by atoms with Gasteiger partial charge in [0, 0.05) is 11.1 Å². The number of ether oxygens (including phenoxy) is 4. The lowest BCUT2D eigenvalue weighted by Crippen LogP contribution is -2.04. The average Bonchev–Trinajstić information content (AvgIpc) is 2.61. The average molecular weight is 316 g/mol. The Kier molecular flexibility index (Phi) is 5.46. The molecule has 0 aliphatic heterocycles. The molecule has 0 unspecified atom stereocenters. The second kappa shape index (κ2) is 7.54. The highest BCUT2D eigenvalue weighted by Gasteiger charge is 2.15. The molecule has 5 heteroatoms. The van der Waals surface area contributed by atoms with E-state index < -0.39 is 0 Å². The van der Waals surface area contributed by atoms with Crippen LogP contribution in [-0.4, -0.2) is 33.7 Å². The van der Waals surface area contributed by atoms with Crippen LogP contribution in [-0.2, 0) is 0 Å². The van der Waals surface area contributed by atoms with Crippen LogP contribution in [0, 0.1) is 0 Å². The van der Waals surface area contributed by atoms with E-state index in [1.807, 2.05) is 6.92 Å². The Bertz CT molecular complexity index is 694.